The number of aromatic hydroxyl groups is 1. The molecule has 1 aliphatic rings. The molecular formula is C16H21NO3. The van der Waals surface area contributed by atoms with E-state index in [1.807, 2.05) is 0 Å². The normalized spacial score (nSPS) is 16.2. The summed E-state index contributed by atoms with van der Waals surface area (Å²) in [7, 11) is 1.50. The Balaban J connectivity index is 1.92. The molecule has 4 heteroatoms. The monoisotopic (exact) mass is 275 g/mol. The van der Waals surface area contributed by atoms with E-state index in [1.54, 1.807) is 24.3 Å². The van der Waals surface area contributed by atoms with E-state index in [2.05, 4.69) is 5.32 Å². The van der Waals surface area contributed by atoms with Crippen LogP contribution in [0.25, 0.3) is 6.08 Å². The van der Waals surface area contributed by atoms with Crippen LogP contribution in [-0.2, 0) is 4.79 Å². The van der Waals surface area contributed by atoms with Gasteiger partial charge in [0.25, 0.3) is 0 Å². The van der Waals surface area contributed by atoms with Crippen molar-refractivity contribution in [3.63, 3.8) is 0 Å². The van der Waals surface area contributed by atoms with Crippen LogP contribution in [-0.4, -0.2) is 24.2 Å². The Kier molecular flexibility index (Phi) is 5.04. The van der Waals surface area contributed by atoms with Gasteiger partial charge in [-0.1, -0.05) is 25.3 Å². The quantitative estimate of drug-likeness (QED) is 0.831. The van der Waals surface area contributed by atoms with Crippen LogP contribution in [0.5, 0.6) is 11.5 Å². The lowest BCUT2D eigenvalue weighted by Crippen LogP contribution is -2.34. The van der Waals surface area contributed by atoms with Crippen LogP contribution in [0.3, 0.4) is 0 Å². The van der Waals surface area contributed by atoms with E-state index in [-0.39, 0.29) is 11.7 Å². The number of phenolic OH excluding ortho intramolecular Hbond substituents is 1. The maximum atomic E-state index is 11.8. The Morgan fingerprint density at radius 1 is 1.35 bits per heavy atom. The fraction of sp³-hybridized carbons (Fsp3) is 0.438. The Morgan fingerprint density at radius 2 is 2.10 bits per heavy atom. The number of amides is 1. The van der Waals surface area contributed by atoms with Crippen molar-refractivity contribution in [2.45, 2.75) is 38.1 Å². The molecule has 0 spiro atoms. The van der Waals surface area contributed by atoms with Gasteiger partial charge in [-0.2, -0.15) is 0 Å². The topological polar surface area (TPSA) is 58.6 Å². The standard InChI is InChI=1S/C16H21NO3/c1-20-15-11-12(7-9-14(15)18)8-10-16(19)17-13-5-3-2-4-6-13/h7-11,13,18H,2-6H2,1H3,(H,17,19)/b10-8+. The fourth-order valence-corrected chi connectivity index (χ4v) is 2.47. The summed E-state index contributed by atoms with van der Waals surface area (Å²) < 4.78 is 5.03. The third-order valence-electron chi connectivity index (χ3n) is 3.58. The second-order valence-electron chi connectivity index (χ2n) is 5.11. The van der Waals surface area contributed by atoms with Gasteiger partial charge in [-0.05, 0) is 36.6 Å². The van der Waals surface area contributed by atoms with Gasteiger partial charge in [0.2, 0.25) is 5.91 Å². The van der Waals surface area contributed by atoms with Gasteiger partial charge in [-0.25, -0.2) is 0 Å². The molecule has 0 aliphatic heterocycles. The highest BCUT2D eigenvalue weighted by atomic mass is 16.5. The molecule has 1 aromatic carbocycles. The average molecular weight is 275 g/mol. The molecule has 0 bridgehead atoms. The predicted octanol–water partition coefficient (Wildman–Crippen LogP) is 2.86. The van der Waals surface area contributed by atoms with E-state index in [0.29, 0.717) is 11.8 Å². The van der Waals surface area contributed by atoms with Gasteiger partial charge in [-0.15, -0.1) is 0 Å². The van der Waals surface area contributed by atoms with Crippen LogP contribution in [0.4, 0.5) is 0 Å². The first-order valence-electron chi connectivity index (χ1n) is 7.04. The summed E-state index contributed by atoms with van der Waals surface area (Å²) in [5, 5.41) is 12.5. The van der Waals surface area contributed by atoms with Crippen molar-refractivity contribution in [1.29, 1.82) is 0 Å². The molecule has 4 nitrogen and oxygen atoms in total. The van der Waals surface area contributed by atoms with E-state index in [1.165, 1.54) is 32.4 Å². The Hall–Kier alpha value is -1.97. The first-order chi connectivity index (χ1) is 9.69. The minimum atomic E-state index is -0.0658. The fourth-order valence-electron chi connectivity index (χ4n) is 2.47. The van der Waals surface area contributed by atoms with Crippen LogP contribution in [0.15, 0.2) is 24.3 Å². The first kappa shape index (κ1) is 14.4. The lowest BCUT2D eigenvalue weighted by atomic mass is 9.95. The number of rotatable bonds is 4. The van der Waals surface area contributed by atoms with Crippen LogP contribution >= 0.6 is 0 Å². The molecule has 0 aromatic heterocycles. The molecule has 0 atom stereocenters. The molecule has 1 aliphatic carbocycles. The number of carbonyl (C=O) groups excluding carboxylic acids is 1. The zero-order valence-electron chi connectivity index (χ0n) is 11.8. The summed E-state index contributed by atoms with van der Waals surface area (Å²) in [6.45, 7) is 0. The van der Waals surface area contributed by atoms with Crippen molar-refractivity contribution in [2.24, 2.45) is 0 Å². The molecule has 1 fully saturated rings. The zero-order chi connectivity index (χ0) is 14.4. The number of methoxy groups -OCH3 is 1. The van der Waals surface area contributed by atoms with Gasteiger partial charge in [0, 0.05) is 12.1 Å². The van der Waals surface area contributed by atoms with E-state index in [4.69, 9.17) is 4.74 Å². The van der Waals surface area contributed by atoms with Gasteiger partial charge < -0.3 is 15.2 Å². The molecule has 2 N–H and O–H groups in total. The molecule has 0 radical (unpaired) electrons. The number of ether oxygens (including phenoxy) is 1. The van der Waals surface area contributed by atoms with Gasteiger partial charge in [0.1, 0.15) is 0 Å². The number of hydrogen-bond donors (Lipinski definition) is 2. The van der Waals surface area contributed by atoms with Crippen molar-refractivity contribution >= 4 is 12.0 Å². The van der Waals surface area contributed by atoms with Crippen LogP contribution < -0.4 is 10.1 Å². The summed E-state index contributed by atoms with van der Waals surface area (Å²) in [6, 6.07) is 5.30. The smallest absolute Gasteiger partial charge is 0.244 e. The maximum Gasteiger partial charge on any atom is 0.244 e. The number of hydrogen-bond acceptors (Lipinski definition) is 3. The summed E-state index contributed by atoms with van der Waals surface area (Å²) in [5.41, 5.74) is 0.818. The van der Waals surface area contributed by atoms with E-state index in [0.717, 1.165) is 18.4 Å². The molecule has 2 rings (SSSR count). The second kappa shape index (κ2) is 6.98. The minimum Gasteiger partial charge on any atom is -0.504 e. The summed E-state index contributed by atoms with van der Waals surface area (Å²) in [4.78, 5) is 11.8. The molecule has 1 amide bonds. The molecule has 1 saturated carbocycles. The lowest BCUT2D eigenvalue weighted by molar-refractivity contribution is -0.117. The third kappa shape index (κ3) is 4.02. The van der Waals surface area contributed by atoms with E-state index >= 15 is 0 Å². The van der Waals surface area contributed by atoms with Crippen LogP contribution in [0, 0.1) is 0 Å². The molecule has 0 unspecified atom stereocenters. The van der Waals surface area contributed by atoms with Gasteiger partial charge >= 0.3 is 0 Å². The summed E-state index contributed by atoms with van der Waals surface area (Å²) >= 11 is 0. The SMILES string of the molecule is COc1cc(/C=C/C(=O)NC2CCCCC2)ccc1O. The summed E-state index contributed by atoms with van der Waals surface area (Å²) in [5.74, 6) is 0.431. The molecule has 20 heavy (non-hydrogen) atoms. The van der Waals surface area contributed by atoms with Crippen molar-refractivity contribution in [1.82, 2.24) is 5.32 Å². The summed E-state index contributed by atoms with van der Waals surface area (Å²) in [6.07, 6.45) is 9.07. The highest BCUT2D eigenvalue weighted by Crippen LogP contribution is 2.26. The van der Waals surface area contributed by atoms with E-state index < -0.39 is 0 Å². The largest absolute Gasteiger partial charge is 0.504 e. The van der Waals surface area contributed by atoms with Gasteiger partial charge in [0.05, 0.1) is 7.11 Å². The Morgan fingerprint density at radius 3 is 2.80 bits per heavy atom. The van der Waals surface area contributed by atoms with Gasteiger partial charge in [0.15, 0.2) is 11.5 Å². The van der Waals surface area contributed by atoms with Crippen LogP contribution in [0.1, 0.15) is 37.7 Å². The van der Waals surface area contributed by atoms with Crippen molar-refractivity contribution in [2.75, 3.05) is 7.11 Å². The minimum absolute atomic E-state index is 0.0658. The van der Waals surface area contributed by atoms with E-state index in [9.17, 15) is 9.90 Å². The van der Waals surface area contributed by atoms with Crippen LogP contribution in [0.2, 0.25) is 0 Å². The molecule has 0 saturated heterocycles. The lowest BCUT2D eigenvalue weighted by Gasteiger charge is -2.21. The third-order valence-corrected chi connectivity index (χ3v) is 3.58. The Labute approximate surface area is 119 Å². The average Bonchev–Trinajstić information content (AvgIpc) is 2.47. The number of nitrogens with one attached hydrogen (secondary N) is 1. The number of carbonyl (C=O) groups is 1. The van der Waals surface area contributed by atoms with Crippen molar-refractivity contribution in [3.8, 4) is 11.5 Å². The Bertz CT molecular complexity index is 490. The molecule has 0 heterocycles. The van der Waals surface area contributed by atoms with Crippen molar-refractivity contribution in [3.05, 3.63) is 29.8 Å². The first-order valence-corrected chi connectivity index (χ1v) is 7.04. The van der Waals surface area contributed by atoms with Crippen molar-refractivity contribution < 1.29 is 14.6 Å². The number of benzene rings is 1. The predicted molar refractivity (Wildman–Crippen MR) is 78.7 cm³/mol. The molecule has 108 valence electrons. The van der Waals surface area contributed by atoms with Gasteiger partial charge in [-0.3, -0.25) is 4.79 Å². The number of phenols is 1. The zero-order valence-corrected chi connectivity index (χ0v) is 11.8. The molecule has 1 aromatic rings. The second-order valence-corrected chi connectivity index (χ2v) is 5.11. The highest BCUT2D eigenvalue weighted by molar-refractivity contribution is 5.92. The molecular weight excluding hydrogens is 254 g/mol. The highest BCUT2D eigenvalue weighted by Gasteiger charge is 2.14. The maximum absolute atomic E-state index is 11.8.